The molecule has 8 heteroatoms. The highest BCUT2D eigenvalue weighted by Crippen LogP contribution is 2.31. The maximum absolute atomic E-state index is 12.2. The number of amides is 1. The summed E-state index contributed by atoms with van der Waals surface area (Å²) in [6.07, 6.45) is -0.599. The Kier molecular flexibility index (Phi) is 4.01. The maximum Gasteiger partial charge on any atom is 0.270 e. The van der Waals surface area contributed by atoms with Crippen LogP contribution in [0, 0.1) is 0 Å². The second kappa shape index (κ2) is 6.10. The number of fused-ring (bicyclic) bond motifs is 1. The van der Waals surface area contributed by atoms with Crippen LogP contribution in [0.1, 0.15) is 12.7 Å². The first kappa shape index (κ1) is 14.5. The summed E-state index contributed by atoms with van der Waals surface area (Å²) in [7, 11) is 0. The zero-order valence-corrected chi connectivity index (χ0v) is 12.6. The minimum atomic E-state index is -0.755. The molecule has 0 radical (unpaired) electrons. The Labute approximate surface area is 130 Å². The van der Waals surface area contributed by atoms with Crippen LogP contribution >= 0.6 is 11.5 Å². The predicted octanol–water partition coefficient (Wildman–Crippen LogP) is 1.45. The number of rotatable bonds is 4. The number of ether oxygens (including phenoxy) is 2. The van der Waals surface area contributed by atoms with Crippen molar-refractivity contribution in [2.24, 2.45) is 0 Å². The van der Waals surface area contributed by atoms with E-state index in [1.807, 2.05) is 6.07 Å². The molecule has 1 amide bonds. The van der Waals surface area contributed by atoms with Crippen molar-refractivity contribution in [3.05, 3.63) is 30.1 Å². The van der Waals surface area contributed by atoms with Crippen molar-refractivity contribution >= 4 is 28.4 Å². The Hall–Kier alpha value is -2.48. The quantitative estimate of drug-likeness (QED) is 0.917. The molecule has 0 fully saturated rings. The zero-order chi connectivity index (χ0) is 15.5. The van der Waals surface area contributed by atoms with Crippen molar-refractivity contribution in [2.75, 3.05) is 11.9 Å². The molecule has 0 spiro atoms. The number of nitrogens with zero attached hydrogens (tertiary/aromatic N) is 2. The summed E-state index contributed by atoms with van der Waals surface area (Å²) >= 11 is 1.03. The average molecular weight is 319 g/mol. The van der Waals surface area contributed by atoms with Gasteiger partial charge >= 0.3 is 0 Å². The van der Waals surface area contributed by atoms with Crippen LogP contribution < -0.4 is 14.8 Å². The Bertz CT molecular complexity index is 716. The van der Waals surface area contributed by atoms with Crippen LogP contribution in [-0.4, -0.2) is 33.8 Å². The summed E-state index contributed by atoms with van der Waals surface area (Å²) in [5.74, 6) is 1.16. The molecule has 1 aromatic carbocycles. The minimum absolute atomic E-state index is 0.0312. The first-order valence-corrected chi connectivity index (χ1v) is 7.40. The molecule has 0 saturated heterocycles. The molecule has 0 saturated carbocycles. The van der Waals surface area contributed by atoms with Crippen molar-refractivity contribution < 1.29 is 19.1 Å². The van der Waals surface area contributed by atoms with E-state index in [1.165, 1.54) is 6.92 Å². The summed E-state index contributed by atoms with van der Waals surface area (Å²) in [5.41, 5.74) is 0. The number of para-hydroxylation sites is 2. The van der Waals surface area contributed by atoms with Gasteiger partial charge in [-0.3, -0.25) is 14.9 Å². The van der Waals surface area contributed by atoms with Gasteiger partial charge in [0, 0.05) is 11.5 Å². The van der Waals surface area contributed by atoms with Gasteiger partial charge in [0.2, 0.25) is 11.2 Å². The molecule has 0 aliphatic carbocycles. The molecular weight excluding hydrogens is 306 g/mol. The lowest BCUT2D eigenvalue weighted by molar-refractivity contribution is -0.125. The van der Waals surface area contributed by atoms with Gasteiger partial charge in [0.05, 0.1) is 6.42 Å². The number of benzene rings is 1. The van der Waals surface area contributed by atoms with Gasteiger partial charge in [0.1, 0.15) is 12.4 Å². The Morgan fingerprint density at radius 3 is 2.91 bits per heavy atom. The number of hydrogen-bond acceptors (Lipinski definition) is 7. The largest absolute Gasteiger partial charge is 0.485 e. The lowest BCUT2D eigenvalue weighted by Gasteiger charge is -2.25. The van der Waals surface area contributed by atoms with Crippen LogP contribution in [0.15, 0.2) is 24.3 Å². The Balaban J connectivity index is 1.63. The number of Topliss-reactive ketones (excluding diaryl/α,β-unsaturated/α-hetero) is 1. The number of carbonyl (C=O) groups excluding carboxylic acids is 2. The van der Waals surface area contributed by atoms with Crippen LogP contribution in [0.3, 0.4) is 0 Å². The van der Waals surface area contributed by atoms with E-state index in [4.69, 9.17) is 9.47 Å². The number of carbonyl (C=O) groups is 2. The van der Waals surface area contributed by atoms with Gasteiger partial charge in [0.25, 0.3) is 5.91 Å². The van der Waals surface area contributed by atoms with Gasteiger partial charge in [-0.25, -0.2) is 4.98 Å². The standard InChI is InChI=1S/C14H13N3O4S/c1-8(18)6-12-15-14(22-17-12)16-13(19)11-7-20-9-4-2-3-5-10(9)21-11/h2-5,11H,6-7H2,1H3,(H,15,16,17,19)/t11-/m0/s1. The summed E-state index contributed by atoms with van der Waals surface area (Å²) in [4.78, 5) is 27.3. The Morgan fingerprint density at radius 2 is 2.14 bits per heavy atom. The molecule has 1 aliphatic heterocycles. The van der Waals surface area contributed by atoms with E-state index < -0.39 is 6.10 Å². The van der Waals surface area contributed by atoms with E-state index >= 15 is 0 Å². The maximum atomic E-state index is 12.2. The van der Waals surface area contributed by atoms with Crippen molar-refractivity contribution in [3.8, 4) is 11.5 Å². The van der Waals surface area contributed by atoms with Crippen LogP contribution in [0.25, 0.3) is 0 Å². The molecule has 1 aliphatic rings. The van der Waals surface area contributed by atoms with E-state index in [2.05, 4.69) is 14.7 Å². The smallest absolute Gasteiger partial charge is 0.270 e. The lowest BCUT2D eigenvalue weighted by atomic mass is 10.2. The van der Waals surface area contributed by atoms with Crippen molar-refractivity contribution in [3.63, 3.8) is 0 Å². The fourth-order valence-electron chi connectivity index (χ4n) is 1.93. The SMILES string of the molecule is CC(=O)Cc1nsc(NC(=O)[C@@H]2COc3ccccc3O2)n1. The first-order chi connectivity index (χ1) is 10.6. The molecule has 2 heterocycles. The number of ketones is 1. The topological polar surface area (TPSA) is 90.4 Å². The third-order valence-corrected chi connectivity index (χ3v) is 3.57. The lowest BCUT2D eigenvalue weighted by Crippen LogP contribution is -2.40. The fourth-order valence-corrected chi connectivity index (χ4v) is 2.52. The molecule has 7 nitrogen and oxygen atoms in total. The molecule has 1 aromatic heterocycles. The van der Waals surface area contributed by atoms with Crippen LogP contribution in [0.4, 0.5) is 5.13 Å². The van der Waals surface area contributed by atoms with E-state index in [-0.39, 0.29) is 24.7 Å². The van der Waals surface area contributed by atoms with Gasteiger partial charge < -0.3 is 9.47 Å². The molecule has 1 N–H and O–H groups in total. The fraction of sp³-hybridized carbons (Fsp3) is 0.286. The molecule has 0 bridgehead atoms. The highest BCUT2D eigenvalue weighted by Gasteiger charge is 2.28. The van der Waals surface area contributed by atoms with Gasteiger partial charge in [-0.1, -0.05) is 12.1 Å². The van der Waals surface area contributed by atoms with E-state index in [0.29, 0.717) is 22.5 Å². The molecule has 3 rings (SSSR count). The molecule has 114 valence electrons. The van der Waals surface area contributed by atoms with Crippen LogP contribution in [-0.2, 0) is 16.0 Å². The second-order valence-corrected chi connectivity index (χ2v) is 5.50. The second-order valence-electron chi connectivity index (χ2n) is 4.75. The van der Waals surface area contributed by atoms with Gasteiger partial charge in [-0.05, 0) is 19.1 Å². The van der Waals surface area contributed by atoms with Gasteiger partial charge in [-0.15, -0.1) is 0 Å². The third kappa shape index (κ3) is 3.22. The van der Waals surface area contributed by atoms with E-state index in [0.717, 1.165) is 11.5 Å². The first-order valence-electron chi connectivity index (χ1n) is 6.63. The number of anilines is 1. The number of aromatic nitrogens is 2. The van der Waals surface area contributed by atoms with E-state index in [1.54, 1.807) is 18.2 Å². The molecule has 0 unspecified atom stereocenters. The zero-order valence-electron chi connectivity index (χ0n) is 11.7. The monoisotopic (exact) mass is 319 g/mol. The van der Waals surface area contributed by atoms with Gasteiger partial charge in [-0.2, -0.15) is 4.37 Å². The van der Waals surface area contributed by atoms with Crippen molar-refractivity contribution in [1.82, 2.24) is 9.36 Å². The summed E-state index contributed by atoms with van der Waals surface area (Å²) in [6, 6.07) is 7.16. The van der Waals surface area contributed by atoms with Crippen molar-refractivity contribution in [1.29, 1.82) is 0 Å². The molecular formula is C14H13N3O4S. The molecule has 22 heavy (non-hydrogen) atoms. The highest BCUT2D eigenvalue weighted by atomic mass is 32.1. The molecule has 2 aromatic rings. The number of hydrogen-bond donors (Lipinski definition) is 1. The Morgan fingerprint density at radius 1 is 1.36 bits per heavy atom. The number of nitrogens with one attached hydrogen (secondary N) is 1. The highest BCUT2D eigenvalue weighted by molar-refractivity contribution is 7.09. The predicted molar refractivity (Wildman–Crippen MR) is 79.3 cm³/mol. The third-order valence-electron chi connectivity index (χ3n) is 2.91. The molecule has 1 atom stereocenters. The summed E-state index contributed by atoms with van der Waals surface area (Å²) < 4.78 is 15.1. The average Bonchev–Trinajstić information content (AvgIpc) is 2.93. The van der Waals surface area contributed by atoms with Crippen molar-refractivity contribution in [2.45, 2.75) is 19.4 Å². The van der Waals surface area contributed by atoms with E-state index in [9.17, 15) is 9.59 Å². The van der Waals surface area contributed by atoms with Crippen LogP contribution in [0.5, 0.6) is 11.5 Å². The summed E-state index contributed by atoms with van der Waals surface area (Å²) in [6.45, 7) is 1.59. The van der Waals surface area contributed by atoms with Gasteiger partial charge in [0.15, 0.2) is 17.3 Å². The summed E-state index contributed by atoms with van der Waals surface area (Å²) in [5, 5.41) is 2.96. The minimum Gasteiger partial charge on any atom is -0.485 e. The van der Waals surface area contributed by atoms with Crippen LogP contribution in [0.2, 0.25) is 0 Å². The normalized spacial score (nSPS) is 16.1.